The van der Waals surface area contributed by atoms with Crippen LogP contribution in [0.4, 0.5) is 4.39 Å². The zero-order valence-corrected chi connectivity index (χ0v) is 9.49. The molecule has 0 spiro atoms. The van der Waals surface area contributed by atoms with Gasteiger partial charge in [-0.25, -0.2) is 9.37 Å². The Labute approximate surface area is 102 Å². The number of hydrogen-bond donors (Lipinski definition) is 1. The third-order valence-electron chi connectivity index (χ3n) is 2.12. The fourth-order valence-corrected chi connectivity index (χ4v) is 1.46. The van der Waals surface area contributed by atoms with Crippen molar-refractivity contribution >= 4 is 11.6 Å². The van der Waals surface area contributed by atoms with E-state index in [0.717, 1.165) is 6.07 Å². The molecule has 2 rings (SSSR count). The van der Waals surface area contributed by atoms with Crippen LogP contribution in [-0.2, 0) is 6.61 Å². The normalized spacial score (nSPS) is 10.3. The van der Waals surface area contributed by atoms with Gasteiger partial charge in [-0.3, -0.25) is 0 Å². The molecule has 0 fully saturated rings. The summed E-state index contributed by atoms with van der Waals surface area (Å²) >= 11 is 5.58. The topological polar surface area (TPSA) is 42.4 Å². The summed E-state index contributed by atoms with van der Waals surface area (Å²) in [4.78, 5) is 3.74. The smallest absolute Gasteiger partial charge is 0.255 e. The van der Waals surface area contributed by atoms with Crippen LogP contribution >= 0.6 is 11.6 Å². The van der Waals surface area contributed by atoms with Crippen LogP contribution in [0.2, 0.25) is 5.02 Å². The van der Waals surface area contributed by atoms with E-state index < -0.39 is 5.82 Å². The monoisotopic (exact) mass is 253 g/mol. The van der Waals surface area contributed by atoms with Gasteiger partial charge >= 0.3 is 0 Å². The molecule has 0 bridgehead atoms. The van der Waals surface area contributed by atoms with E-state index >= 15 is 0 Å². The van der Waals surface area contributed by atoms with Crippen LogP contribution in [-0.4, -0.2) is 10.1 Å². The summed E-state index contributed by atoms with van der Waals surface area (Å²) in [5.41, 5.74) is 0.559. The maximum atomic E-state index is 13.4. The van der Waals surface area contributed by atoms with E-state index in [-0.39, 0.29) is 17.5 Å². The lowest BCUT2D eigenvalue weighted by atomic mass is 10.2. The third kappa shape index (κ3) is 2.72. The molecular weight excluding hydrogens is 245 g/mol. The molecule has 5 heteroatoms. The fraction of sp³-hybridized carbons (Fsp3) is 0.0833. The van der Waals surface area contributed by atoms with Gasteiger partial charge < -0.3 is 9.84 Å². The first kappa shape index (κ1) is 11.8. The van der Waals surface area contributed by atoms with E-state index in [4.69, 9.17) is 21.4 Å². The highest BCUT2D eigenvalue weighted by atomic mass is 35.5. The highest BCUT2D eigenvalue weighted by molar-refractivity contribution is 6.30. The molecule has 0 radical (unpaired) electrons. The van der Waals surface area contributed by atoms with Gasteiger partial charge in [0.25, 0.3) is 5.88 Å². The number of para-hydroxylation sites is 1. The van der Waals surface area contributed by atoms with Crippen LogP contribution in [0.5, 0.6) is 11.6 Å². The quantitative estimate of drug-likeness (QED) is 0.914. The van der Waals surface area contributed by atoms with Crippen LogP contribution in [0.25, 0.3) is 0 Å². The molecule has 17 heavy (non-hydrogen) atoms. The van der Waals surface area contributed by atoms with Crippen LogP contribution in [0.3, 0.4) is 0 Å². The van der Waals surface area contributed by atoms with Crippen LogP contribution < -0.4 is 4.74 Å². The Hall–Kier alpha value is -1.65. The van der Waals surface area contributed by atoms with Crippen molar-refractivity contribution in [3.8, 4) is 11.6 Å². The summed E-state index contributed by atoms with van der Waals surface area (Å²) in [6.07, 6.45) is 1.29. The van der Waals surface area contributed by atoms with Crippen molar-refractivity contribution in [1.82, 2.24) is 4.98 Å². The van der Waals surface area contributed by atoms with Crippen LogP contribution in [0.15, 0.2) is 36.5 Å². The SMILES string of the molecule is OCc1ccccc1Oc1ncc(Cl)cc1F. The van der Waals surface area contributed by atoms with Gasteiger partial charge in [-0.2, -0.15) is 0 Å². The van der Waals surface area contributed by atoms with Gasteiger partial charge in [-0.05, 0) is 12.1 Å². The van der Waals surface area contributed by atoms with Crippen molar-refractivity contribution in [3.05, 3.63) is 52.9 Å². The first-order valence-electron chi connectivity index (χ1n) is 4.88. The van der Waals surface area contributed by atoms with E-state index in [9.17, 15) is 4.39 Å². The second-order valence-corrected chi connectivity index (χ2v) is 3.74. The molecule has 0 saturated carbocycles. The number of aliphatic hydroxyl groups is 1. The van der Waals surface area contributed by atoms with E-state index in [2.05, 4.69) is 4.98 Å². The third-order valence-corrected chi connectivity index (χ3v) is 2.33. The van der Waals surface area contributed by atoms with Crippen LogP contribution in [0, 0.1) is 5.82 Å². The zero-order valence-electron chi connectivity index (χ0n) is 8.73. The molecule has 0 atom stereocenters. The summed E-state index contributed by atoms with van der Waals surface area (Å²) in [6.45, 7) is -0.189. The maximum Gasteiger partial charge on any atom is 0.255 e. The molecule has 1 heterocycles. The van der Waals surface area contributed by atoms with Gasteiger partial charge in [0.2, 0.25) is 0 Å². The second kappa shape index (κ2) is 5.12. The lowest BCUT2D eigenvalue weighted by Gasteiger charge is -2.09. The second-order valence-electron chi connectivity index (χ2n) is 3.31. The van der Waals surface area contributed by atoms with Crippen molar-refractivity contribution in [3.63, 3.8) is 0 Å². The summed E-state index contributed by atoms with van der Waals surface area (Å²) in [5.74, 6) is -0.454. The largest absolute Gasteiger partial charge is 0.436 e. The number of aliphatic hydroxyl groups excluding tert-OH is 1. The molecule has 88 valence electrons. The molecule has 3 nitrogen and oxygen atoms in total. The standard InChI is InChI=1S/C12H9ClFNO2/c13-9-5-10(14)12(15-6-9)17-11-4-2-1-3-8(11)7-16/h1-6,16H,7H2. The molecule has 0 unspecified atom stereocenters. The molecular formula is C12H9ClFNO2. The van der Waals surface area contributed by atoms with E-state index in [1.807, 2.05) is 0 Å². The van der Waals surface area contributed by atoms with E-state index in [0.29, 0.717) is 11.3 Å². The number of pyridine rings is 1. The molecule has 0 aliphatic heterocycles. The van der Waals surface area contributed by atoms with Crippen molar-refractivity contribution in [2.24, 2.45) is 0 Å². The first-order chi connectivity index (χ1) is 8.20. The maximum absolute atomic E-state index is 13.4. The van der Waals surface area contributed by atoms with E-state index in [1.54, 1.807) is 24.3 Å². The molecule has 1 aromatic carbocycles. The van der Waals surface area contributed by atoms with Gasteiger partial charge in [-0.1, -0.05) is 29.8 Å². The van der Waals surface area contributed by atoms with Crippen molar-refractivity contribution in [1.29, 1.82) is 0 Å². The highest BCUT2D eigenvalue weighted by Crippen LogP contribution is 2.26. The molecule has 0 amide bonds. The number of hydrogen-bond acceptors (Lipinski definition) is 3. The minimum Gasteiger partial charge on any atom is -0.436 e. The number of halogens is 2. The molecule has 0 aliphatic carbocycles. The lowest BCUT2D eigenvalue weighted by molar-refractivity contribution is 0.275. The Kier molecular flexibility index (Phi) is 3.56. The molecule has 1 N–H and O–H groups in total. The average molecular weight is 254 g/mol. The number of nitrogens with zero attached hydrogens (tertiary/aromatic N) is 1. The Morgan fingerprint density at radius 1 is 1.35 bits per heavy atom. The Morgan fingerprint density at radius 2 is 2.12 bits per heavy atom. The van der Waals surface area contributed by atoms with Gasteiger partial charge in [0, 0.05) is 11.8 Å². The molecule has 0 saturated heterocycles. The summed E-state index contributed by atoms with van der Waals surface area (Å²) in [6, 6.07) is 7.91. The summed E-state index contributed by atoms with van der Waals surface area (Å²) in [5, 5.41) is 9.29. The Bertz CT molecular complexity index is 534. The van der Waals surface area contributed by atoms with Gasteiger partial charge in [0.15, 0.2) is 5.82 Å². The van der Waals surface area contributed by atoms with E-state index in [1.165, 1.54) is 6.20 Å². The summed E-state index contributed by atoms with van der Waals surface area (Å²) in [7, 11) is 0. The molecule has 0 aliphatic rings. The number of benzene rings is 1. The zero-order chi connectivity index (χ0) is 12.3. The average Bonchev–Trinajstić information content (AvgIpc) is 2.33. The number of aromatic nitrogens is 1. The lowest BCUT2D eigenvalue weighted by Crippen LogP contribution is -1.95. The van der Waals surface area contributed by atoms with Crippen molar-refractivity contribution in [2.75, 3.05) is 0 Å². The fourth-order valence-electron chi connectivity index (χ4n) is 1.32. The van der Waals surface area contributed by atoms with Gasteiger partial charge in [-0.15, -0.1) is 0 Å². The molecule has 2 aromatic rings. The molecule has 1 aromatic heterocycles. The Morgan fingerprint density at radius 3 is 2.82 bits per heavy atom. The number of rotatable bonds is 3. The number of ether oxygens (including phenoxy) is 1. The minimum atomic E-state index is -0.648. The minimum absolute atomic E-state index is 0.171. The Balaban J connectivity index is 2.31. The summed E-state index contributed by atoms with van der Waals surface area (Å²) < 4.78 is 18.7. The van der Waals surface area contributed by atoms with Crippen molar-refractivity contribution in [2.45, 2.75) is 6.61 Å². The first-order valence-corrected chi connectivity index (χ1v) is 5.26. The highest BCUT2D eigenvalue weighted by Gasteiger charge is 2.09. The van der Waals surface area contributed by atoms with Gasteiger partial charge in [0.05, 0.1) is 11.6 Å². The predicted molar refractivity (Wildman–Crippen MR) is 61.6 cm³/mol. The van der Waals surface area contributed by atoms with Crippen LogP contribution in [0.1, 0.15) is 5.56 Å². The predicted octanol–water partition coefficient (Wildman–Crippen LogP) is 3.16. The van der Waals surface area contributed by atoms with Crippen molar-refractivity contribution < 1.29 is 14.2 Å². The van der Waals surface area contributed by atoms with Gasteiger partial charge in [0.1, 0.15) is 5.75 Å².